The Bertz CT molecular complexity index is 696. The number of rotatable bonds is 13. The van der Waals surface area contributed by atoms with Gasteiger partial charge in [-0.3, -0.25) is 19.2 Å². The lowest BCUT2D eigenvalue weighted by Gasteiger charge is -2.25. The third-order valence-electron chi connectivity index (χ3n) is 3.93. The molecule has 168 valence electrons. The zero-order valence-corrected chi connectivity index (χ0v) is 17.8. The number of aromatic nitrogens is 1. The largest absolute Gasteiger partial charge is 0.400 e. The number of carbonyl (C=O) groups excluding carboxylic acids is 1. The van der Waals surface area contributed by atoms with Crippen molar-refractivity contribution in [1.82, 2.24) is 9.88 Å². The number of carbonyl (C=O) groups is 1. The minimum absolute atomic E-state index is 0.0262. The second kappa shape index (κ2) is 14.0. The number of nitrogens with zero attached hydrogens (tertiary/aromatic N) is 3. The Balaban J connectivity index is 2.92. The maximum atomic E-state index is 12.8. The Labute approximate surface area is 178 Å². The van der Waals surface area contributed by atoms with Crippen molar-refractivity contribution in [1.29, 1.82) is 0 Å². The van der Waals surface area contributed by atoms with Crippen molar-refractivity contribution in [2.24, 2.45) is 10.7 Å². The lowest BCUT2D eigenvalue weighted by atomic mass is 10.2. The zero-order chi connectivity index (χ0) is 22.4. The molecule has 1 aromatic rings. The predicted molar refractivity (Wildman–Crippen MR) is 113 cm³/mol. The first kappa shape index (κ1) is 25.9. The van der Waals surface area contributed by atoms with Gasteiger partial charge in [0.2, 0.25) is 5.91 Å². The number of hydrogen-bond donors (Lipinski definition) is 1. The van der Waals surface area contributed by atoms with Crippen LogP contribution in [0.1, 0.15) is 39.0 Å². The molecule has 5 nitrogen and oxygen atoms in total. The summed E-state index contributed by atoms with van der Waals surface area (Å²) in [6.45, 7) is 1.44. The summed E-state index contributed by atoms with van der Waals surface area (Å²) in [4.78, 5) is 22.4. The van der Waals surface area contributed by atoms with E-state index >= 15 is 0 Å². The Morgan fingerprint density at radius 1 is 1.33 bits per heavy atom. The number of aliphatic imine (C=N–C) groups is 1. The highest BCUT2D eigenvalue weighted by atomic mass is 32.2. The number of nitrogens with two attached hydrogens (primary N) is 1. The first-order valence-electron chi connectivity index (χ1n) is 9.72. The smallest absolute Gasteiger partial charge is 0.389 e. The van der Waals surface area contributed by atoms with Crippen molar-refractivity contribution in [3.05, 3.63) is 35.9 Å². The number of amides is 1. The molecule has 0 unspecified atom stereocenters. The van der Waals surface area contributed by atoms with Gasteiger partial charge in [-0.25, -0.2) is 0 Å². The first-order chi connectivity index (χ1) is 14.3. The average molecular weight is 449 g/mol. The SMILES string of the molecule is CCCC(N)=C(C=Nc1cccnc1)N(CCCF)C(=O)CCSCCC(F)(F)F. The number of allylic oxidation sites excluding steroid dienone is 2. The highest BCUT2D eigenvalue weighted by molar-refractivity contribution is 7.99. The summed E-state index contributed by atoms with van der Waals surface area (Å²) in [5.74, 6) is -0.193. The molecule has 10 heteroatoms. The maximum absolute atomic E-state index is 12.8. The van der Waals surface area contributed by atoms with Gasteiger partial charge in [-0.1, -0.05) is 13.3 Å². The summed E-state index contributed by atoms with van der Waals surface area (Å²) in [6, 6.07) is 3.46. The van der Waals surface area contributed by atoms with E-state index in [1.54, 1.807) is 24.5 Å². The van der Waals surface area contributed by atoms with Gasteiger partial charge < -0.3 is 10.6 Å². The van der Waals surface area contributed by atoms with Gasteiger partial charge in [0.05, 0.1) is 36.9 Å². The normalized spacial score (nSPS) is 12.8. The summed E-state index contributed by atoms with van der Waals surface area (Å²) in [7, 11) is 0. The monoisotopic (exact) mass is 448 g/mol. The average Bonchev–Trinajstić information content (AvgIpc) is 2.70. The van der Waals surface area contributed by atoms with Gasteiger partial charge in [-0.2, -0.15) is 24.9 Å². The van der Waals surface area contributed by atoms with Gasteiger partial charge in [0.1, 0.15) is 0 Å². The zero-order valence-electron chi connectivity index (χ0n) is 17.0. The van der Waals surface area contributed by atoms with Crippen LogP contribution in [0.25, 0.3) is 0 Å². The van der Waals surface area contributed by atoms with Crippen LogP contribution in [0.3, 0.4) is 0 Å². The van der Waals surface area contributed by atoms with Crippen LogP contribution in [-0.2, 0) is 4.79 Å². The molecule has 0 spiro atoms. The molecule has 0 fully saturated rings. The van der Waals surface area contributed by atoms with E-state index in [1.807, 2.05) is 6.92 Å². The van der Waals surface area contributed by atoms with Crippen LogP contribution >= 0.6 is 11.8 Å². The van der Waals surface area contributed by atoms with E-state index in [9.17, 15) is 22.4 Å². The molecule has 0 aliphatic carbocycles. The van der Waals surface area contributed by atoms with E-state index in [-0.39, 0.29) is 36.8 Å². The molecule has 0 atom stereocenters. The highest BCUT2D eigenvalue weighted by Gasteiger charge is 2.26. The molecule has 1 amide bonds. The summed E-state index contributed by atoms with van der Waals surface area (Å²) in [6.07, 6.45) is 0.928. The third-order valence-corrected chi connectivity index (χ3v) is 4.91. The number of thioether (sulfide) groups is 1. The van der Waals surface area contributed by atoms with Crippen LogP contribution in [0.5, 0.6) is 0 Å². The molecule has 1 rings (SSSR count). The van der Waals surface area contributed by atoms with Crippen molar-refractivity contribution in [2.45, 2.75) is 45.2 Å². The predicted octanol–water partition coefficient (Wildman–Crippen LogP) is 5.02. The van der Waals surface area contributed by atoms with E-state index in [2.05, 4.69) is 9.98 Å². The van der Waals surface area contributed by atoms with E-state index in [1.165, 1.54) is 11.1 Å². The molecule has 30 heavy (non-hydrogen) atoms. The number of halogens is 4. The molecule has 0 aromatic carbocycles. The first-order valence-corrected chi connectivity index (χ1v) is 10.9. The minimum atomic E-state index is -4.21. The minimum Gasteiger partial charge on any atom is -0.400 e. The van der Waals surface area contributed by atoms with Gasteiger partial charge in [-0.05, 0) is 25.0 Å². The highest BCUT2D eigenvalue weighted by Crippen LogP contribution is 2.22. The van der Waals surface area contributed by atoms with Crippen molar-refractivity contribution >= 4 is 29.6 Å². The topological polar surface area (TPSA) is 71.6 Å². The standard InChI is InChI=1S/C20H28F4N4OS/c1-2-5-17(25)18(15-27-16-6-3-10-26-14-16)28(11-4-9-21)19(29)7-12-30-13-8-20(22,23)24/h3,6,10,14-15H,2,4-5,7-9,11-13,25H2,1H3. The molecule has 0 aliphatic heterocycles. The number of pyridine rings is 1. The number of hydrogen-bond acceptors (Lipinski definition) is 5. The third kappa shape index (κ3) is 10.6. The van der Waals surface area contributed by atoms with Gasteiger partial charge in [0, 0.05) is 36.4 Å². The van der Waals surface area contributed by atoms with Crippen LogP contribution < -0.4 is 5.73 Å². The molecule has 1 aromatic heterocycles. The van der Waals surface area contributed by atoms with Crippen LogP contribution in [-0.4, -0.2) is 52.9 Å². The lowest BCUT2D eigenvalue weighted by Crippen LogP contribution is -2.34. The molecule has 0 aliphatic rings. The molecule has 0 bridgehead atoms. The Morgan fingerprint density at radius 2 is 2.10 bits per heavy atom. The van der Waals surface area contributed by atoms with Gasteiger partial charge in [0.15, 0.2) is 0 Å². The van der Waals surface area contributed by atoms with Crippen molar-refractivity contribution in [3.63, 3.8) is 0 Å². The number of alkyl halides is 4. The van der Waals surface area contributed by atoms with E-state index < -0.39 is 19.3 Å². The summed E-state index contributed by atoms with van der Waals surface area (Å²) < 4.78 is 49.5. The van der Waals surface area contributed by atoms with Crippen molar-refractivity contribution in [3.8, 4) is 0 Å². The van der Waals surface area contributed by atoms with Crippen LogP contribution in [0, 0.1) is 0 Å². The summed E-state index contributed by atoms with van der Waals surface area (Å²) >= 11 is 1.06. The molecular formula is C20H28F4N4OS. The molecule has 2 N–H and O–H groups in total. The van der Waals surface area contributed by atoms with Crippen molar-refractivity contribution < 1.29 is 22.4 Å². The maximum Gasteiger partial charge on any atom is 0.389 e. The van der Waals surface area contributed by atoms with Gasteiger partial charge in [-0.15, -0.1) is 0 Å². The molecule has 1 heterocycles. The summed E-state index contributed by atoms with van der Waals surface area (Å²) in [5, 5.41) is 0. The summed E-state index contributed by atoms with van der Waals surface area (Å²) in [5.41, 5.74) is 7.59. The fourth-order valence-corrected chi connectivity index (χ4v) is 3.37. The van der Waals surface area contributed by atoms with Crippen LogP contribution in [0.4, 0.5) is 23.2 Å². The fraction of sp³-hybridized carbons (Fsp3) is 0.550. The van der Waals surface area contributed by atoms with E-state index in [0.717, 1.165) is 18.2 Å². The van der Waals surface area contributed by atoms with Crippen LogP contribution in [0.15, 0.2) is 40.9 Å². The quantitative estimate of drug-likeness (QED) is 0.261. The lowest BCUT2D eigenvalue weighted by molar-refractivity contribution is -0.129. The van der Waals surface area contributed by atoms with Gasteiger partial charge in [0.25, 0.3) is 0 Å². The molecular weight excluding hydrogens is 420 g/mol. The second-order valence-electron chi connectivity index (χ2n) is 6.45. The Hall–Kier alpha value is -2.10. The molecule has 0 radical (unpaired) electrons. The Morgan fingerprint density at radius 3 is 2.70 bits per heavy atom. The van der Waals surface area contributed by atoms with Crippen molar-refractivity contribution in [2.75, 3.05) is 24.7 Å². The second-order valence-corrected chi connectivity index (χ2v) is 7.67. The van der Waals surface area contributed by atoms with Gasteiger partial charge >= 0.3 is 6.18 Å². The van der Waals surface area contributed by atoms with E-state index in [4.69, 9.17) is 5.73 Å². The molecule has 0 saturated carbocycles. The fourth-order valence-electron chi connectivity index (χ4n) is 2.47. The van der Waals surface area contributed by atoms with Crippen LogP contribution in [0.2, 0.25) is 0 Å². The van der Waals surface area contributed by atoms with E-state index in [0.29, 0.717) is 23.5 Å². The molecule has 0 saturated heterocycles. The Kier molecular flexibility index (Phi) is 12.1.